The molecule has 1 unspecified atom stereocenters. The van der Waals surface area contributed by atoms with Gasteiger partial charge in [-0.1, -0.05) is 48.0 Å². The molecule has 0 aliphatic rings. The minimum Gasteiger partial charge on any atom is -0.493 e. The first-order valence-corrected chi connectivity index (χ1v) is 10.4. The van der Waals surface area contributed by atoms with Gasteiger partial charge in [0.1, 0.15) is 0 Å². The summed E-state index contributed by atoms with van der Waals surface area (Å²) in [6.07, 6.45) is -1.39. The van der Waals surface area contributed by atoms with Gasteiger partial charge in [0.25, 0.3) is 11.6 Å². The molecule has 0 aliphatic carbocycles. The van der Waals surface area contributed by atoms with E-state index in [0.29, 0.717) is 22.6 Å². The molecule has 176 valence electrons. The van der Waals surface area contributed by atoms with Crippen LogP contribution in [0, 0.1) is 10.1 Å². The Morgan fingerprint density at radius 3 is 2.32 bits per heavy atom. The summed E-state index contributed by atoms with van der Waals surface area (Å²) < 4.78 is 16.0. The van der Waals surface area contributed by atoms with Crippen LogP contribution in [0.4, 0.5) is 11.4 Å². The van der Waals surface area contributed by atoms with Gasteiger partial charge in [0.15, 0.2) is 11.5 Å². The Labute approximate surface area is 200 Å². The van der Waals surface area contributed by atoms with Crippen LogP contribution in [0.1, 0.15) is 17.2 Å². The normalized spacial score (nSPS) is 11.3. The molecule has 1 amide bonds. The fourth-order valence-corrected chi connectivity index (χ4v) is 3.37. The number of ether oxygens (including phenoxy) is 3. The number of hydrogen-bond acceptors (Lipinski definition) is 7. The number of nitro benzene ring substituents is 1. The first-order chi connectivity index (χ1) is 16.3. The van der Waals surface area contributed by atoms with E-state index in [1.165, 1.54) is 26.4 Å². The summed E-state index contributed by atoms with van der Waals surface area (Å²) in [6.45, 7) is 0. The summed E-state index contributed by atoms with van der Waals surface area (Å²) in [5.74, 6) is -0.340. The van der Waals surface area contributed by atoms with Crippen molar-refractivity contribution in [2.24, 2.45) is 0 Å². The summed E-state index contributed by atoms with van der Waals surface area (Å²) in [4.78, 5) is 36.1. The molecule has 34 heavy (non-hydrogen) atoms. The van der Waals surface area contributed by atoms with E-state index in [0.717, 1.165) is 6.07 Å². The molecule has 0 fully saturated rings. The molecular formula is C24H21ClN2O7. The highest BCUT2D eigenvalue weighted by Crippen LogP contribution is 2.30. The molecule has 9 nitrogen and oxygen atoms in total. The van der Waals surface area contributed by atoms with Crippen molar-refractivity contribution in [2.75, 3.05) is 19.5 Å². The molecule has 0 radical (unpaired) electrons. The zero-order valence-electron chi connectivity index (χ0n) is 18.3. The summed E-state index contributed by atoms with van der Waals surface area (Å²) in [5.41, 5.74) is 0.977. The molecule has 1 atom stereocenters. The van der Waals surface area contributed by atoms with Gasteiger partial charge >= 0.3 is 5.97 Å². The van der Waals surface area contributed by atoms with E-state index in [1.807, 2.05) is 0 Å². The van der Waals surface area contributed by atoms with Crippen molar-refractivity contribution < 1.29 is 28.7 Å². The molecule has 3 aromatic rings. The molecule has 0 aromatic heterocycles. The maximum absolute atomic E-state index is 13.0. The maximum Gasteiger partial charge on any atom is 0.311 e. The van der Waals surface area contributed by atoms with Gasteiger partial charge in [-0.2, -0.15) is 0 Å². The highest BCUT2D eigenvalue weighted by Gasteiger charge is 2.26. The number of nitro groups is 1. The molecule has 1 N–H and O–H groups in total. The highest BCUT2D eigenvalue weighted by molar-refractivity contribution is 6.34. The lowest BCUT2D eigenvalue weighted by Crippen LogP contribution is -2.26. The van der Waals surface area contributed by atoms with E-state index in [-0.39, 0.29) is 22.8 Å². The van der Waals surface area contributed by atoms with Gasteiger partial charge in [-0.15, -0.1) is 0 Å². The lowest BCUT2D eigenvalue weighted by Gasteiger charge is -2.19. The van der Waals surface area contributed by atoms with Crippen molar-refractivity contribution >= 4 is 34.9 Å². The number of nitrogens with one attached hydrogen (secondary N) is 1. The van der Waals surface area contributed by atoms with Crippen molar-refractivity contribution in [3.05, 3.63) is 93.0 Å². The highest BCUT2D eigenvalue weighted by atomic mass is 35.5. The lowest BCUT2D eigenvalue weighted by molar-refractivity contribution is -0.384. The zero-order chi connectivity index (χ0) is 24.7. The Morgan fingerprint density at radius 2 is 1.71 bits per heavy atom. The van der Waals surface area contributed by atoms with Crippen LogP contribution in [0.5, 0.6) is 11.5 Å². The van der Waals surface area contributed by atoms with Crippen molar-refractivity contribution in [3.63, 3.8) is 0 Å². The average molecular weight is 485 g/mol. The Morgan fingerprint density at radius 1 is 1.00 bits per heavy atom. The number of esters is 1. The summed E-state index contributed by atoms with van der Waals surface area (Å²) >= 11 is 6.09. The molecular weight excluding hydrogens is 464 g/mol. The third-order valence-corrected chi connectivity index (χ3v) is 5.12. The van der Waals surface area contributed by atoms with Crippen LogP contribution >= 0.6 is 11.6 Å². The van der Waals surface area contributed by atoms with Crippen molar-refractivity contribution in [1.82, 2.24) is 0 Å². The number of nitrogens with zero attached hydrogens (tertiary/aromatic N) is 1. The van der Waals surface area contributed by atoms with Crippen LogP contribution < -0.4 is 14.8 Å². The number of carbonyl (C=O) groups is 2. The number of carbonyl (C=O) groups excluding carboxylic acids is 2. The minimum atomic E-state index is -1.28. The molecule has 3 aromatic carbocycles. The Kier molecular flexibility index (Phi) is 8.05. The Balaban J connectivity index is 1.79. The van der Waals surface area contributed by atoms with E-state index in [9.17, 15) is 19.7 Å². The van der Waals surface area contributed by atoms with Crippen molar-refractivity contribution in [3.8, 4) is 11.5 Å². The first-order valence-electron chi connectivity index (χ1n) is 10.0. The number of methoxy groups -OCH3 is 2. The van der Waals surface area contributed by atoms with Gasteiger partial charge < -0.3 is 19.5 Å². The van der Waals surface area contributed by atoms with E-state index in [4.69, 9.17) is 25.8 Å². The fraction of sp³-hybridized carbons (Fsp3) is 0.167. The van der Waals surface area contributed by atoms with Crippen LogP contribution in [0.2, 0.25) is 5.02 Å². The SMILES string of the molecule is COc1ccc(CC(=O)OC(C(=O)Nc2ccc([N+](=O)[O-])cc2Cl)c2ccccc2)cc1OC. The fourth-order valence-electron chi connectivity index (χ4n) is 3.15. The number of anilines is 1. The molecule has 0 spiro atoms. The maximum atomic E-state index is 13.0. The summed E-state index contributed by atoms with van der Waals surface area (Å²) in [6, 6.07) is 17.1. The van der Waals surface area contributed by atoms with Gasteiger partial charge in [-0.3, -0.25) is 19.7 Å². The first kappa shape index (κ1) is 24.5. The second kappa shape index (κ2) is 11.2. The van der Waals surface area contributed by atoms with Crippen molar-refractivity contribution in [1.29, 1.82) is 0 Å². The second-order valence-corrected chi connectivity index (χ2v) is 7.46. The zero-order valence-corrected chi connectivity index (χ0v) is 19.1. The van der Waals surface area contributed by atoms with Crippen LogP contribution in [0.15, 0.2) is 66.7 Å². The number of benzene rings is 3. The van der Waals surface area contributed by atoms with Crippen molar-refractivity contribution in [2.45, 2.75) is 12.5 Å². The van der Waals surface area contributed by atoms with Crippen LogP contribution in [0.3, 0.4) is 0 Å². The topological polar surface area (TPSA) is 117 Å². The van der Waals surface area contributed by atoms with Gasteiger partial charge in [0.05, 0.1) is 36.3 Å². The van der Waals surface area contributed by atoms with E-state index in [2.05, 4.69) is 5.32 Å². The van der Waals surface area contributed by atoms with Gasteiger partial charge in [-0.05, 0) is 23.8 Å². The number of hydrogen-bond donors (Lipinski definition) is 1. The number of amides is 1. The third-order valence-electron chi connectivity index (χ3n) is 4.81. The molecule has 0 aliphatic heterocycles. The lowest BCUT2D eigenvalue weighted by atomic mass is 10.1. The molecule has 3 rings (SSSR count). The number of halogens is 1. The van der Waals surface area contributed by atoms with Crippen LogP contribution in [-0.4, -0.2) is 31.0 Å². The smallest absolute Gasteiger partial charge is 0.311 e. The largest absolute Gasteiger partial charge is 0.493 e. The van der Waals surface area contributed by atoms with Crippen LogP contribution in [-0.2, 0) is 20.7 Å². The van der Waals surface area contributed by atoms with E-state index < -0.39 is 22.9 Å². The van der Waals surface area contributed by atoms with Gasteiger partial charge in [0, 0.05) is 17.7 Å². The number of non-ortho nitro benzene ring substituents is 1. The summed E-state index contributed by atoms with van der Waals surface area (Å²) in [5, 5.41) is 13.5. The second-order valence-electron chi connectivity index (χ2n) is 7.06. The molecule has 0 saturated carbocycles. The van der Waals surface area contributed by atoms with Gasteiger partial charge in [0.2, 0.25) is 6.10 Å². The molecule has 0 saturated heterocycles. The van der Waals surface area contributed by atoms with E-state index in [1.54, 1.807) is 48.5 Å². The number of rotatable bonds is 9. The quantitative estimate of drug-likeness (QED) is 0.265. The molecule has 0 heterocycles. The Hall–Kier alpha value is -4.11. The Bertz CT molecular complexity index is 1200. The monoisotopic (exact) mass is 484 g/mol. The standard InChI is InChI=1S/C24H21ClN2O7/c1-32-20-11-8-15(12-21(20)33-2)13-22(28)34-23(16-6-4-3-5-7-16)24(29)26-19-10-9-17(27(30)31)14-18(19)25/h3-12,14,23H,13H2,1-2H3,(H,26,29). The predicted octanol–water partition coefficient (Wildman–Crippen LogP) is 4.73. The van der Waals surface area contributed by atoms with Gasteiger partial charge in [-0.25, -0.2) is 0 Å². The average Bonchev–Trinajstić information content (AvgIpc) is 2.84. The van der Waals surface area contributed by atoms with E-state index >= 15 is 0 Å². The minimum absolute atomic E-state index is 0.0222. The molecule has 10 heteroatoms. The predicted molar refractivity (Wildman–Crippen MR) is 125 cm³/mol. The molecule has 0 bridgehead atoms. The van der Waals surface area contributed by atoms with Crippen LogP contribution in [0.25, 0.3) is 0 Å². The third kappa shape index (κ3) is 6.02. The summed E-state index contributed by atoms with van der Waals surface area (Å²) in [7, 11) is 2.99.